The van der Waals surface area contributed by atoms with Gasteiger partial charge in [-0.1, -0.05) is 53.7 Å². The van der Waals surface area contributed by atoms with E-state index in [9.17, 15) is 0 Å². The van der Waals surface area contributed by atoms with E-state index in [1.165, 1.54) is 5.56 Å². The molecule has 106 valence electrons. The molecule has 0 unspecified atom stereocenters. The van der Waals surface area contributed by atoms with Crippen LogP contribution in [0.2, 0.25) is 0 Å². The van der Waals surface area contributed by atoms with Gasteiger partial charge in [-0.2, -0.15) is 0 Å². The minimum Gasteiger partial charge on any atom is -0.512 e. The molecule has 0 radical (unpaired) electrons. The molecule has 0 amide bonds. The molecule has 2 N–H and O–H groups in total. The molecular weight excluding hydrogens is 239 g/mol. The summed E-state index contributed by atoms with van der Waals surface area (Å²) in [7, 11) is -1.78. The van der Waals surface area contributed by atoms with Gasteiger partial charge in [0.25, 0.3) is 0 Å². The van der Waals surface area contributed by atoms with Gasteiger partial charge in [0.05, 0.1) is 0 Å². The lowest BCUT2D eigenvalue weighted by molar-refractivity contribution is 0.284. The third-order valence-corrected chi connectivity index (χ3v) is 3.30. The molecule has 0 atom stereocenters. The number of hydrogen-bond donors (Lipinski definition) is 2. The van der Waals surface area contributed by atoms with Gasteiger partial charge >= 0.3 is 7.32 Å². The Morgan fingerprint density at radius 3 is 1.53 bits per heavy atom. The van der Waals surface area contributed by atoms with Crippen LogP contribution in [0.15, 0.2) is 12.1 Å². The molecule has 1 aromatic carbocycles. The Bertz CT molecular complexity index is 396. The summed E-state index contributed by atoms with van der Waals surface area (Å²) >= 11 is 0. The third-order valence-electron chi connectivity index (χ3n) is 3.30. The Kier molecular flexibility index (Phi) is 5.44. The average Bonchev–Trinajstić information content (AvgIpc) is 2.27. The van der Waals surface area contributed by atoms with Crippen LogP contribution in [0.4, 0.5) is 0 Å². The fourth-order valence-corrected chi connectivity index (χ4v) is 2.13. The number of rotatable bonds is 5. The minimum atomic E-state index is -1.78. The highest BCUT2D eigenvalue weighted by Crippen LogP contribution is 2.37. The van der Waals surface area contributed by atoms with E-state index in [-0.39, 0.29) is 11.8 Å². The molecule has 1 aromatic rings. The van der Waals surface area contributed by atoms with E-state index >= 15 is 0 Å². The van der Waals surface area contributed by atoms with E-state index in [4.69, 9.17) is 14.7 Å². The topological polar surface area (TPSA) is 49.7 Å². The second-order valence-corrected chi connectivity index (χ2v) is 5.94. The Morgan fingerprint density at radius 1 is 0.842 bits per heavy atom. The van der Waals surface area contributed by atoms with Crippen LogP contribution in [0.3, 0.4) is 0 Å². The van der Waals surface area contributed by atoms with Crippen molar-refractivity contribution in [2.45, 2.75) is 59.3 Å². The summed E-state index contributed by atoms with van der Waals surface area (Å²) in [6.07, 6.45) is 0. The van der Waals surface area contributed by atoms with Gasteiger partial charge in [-0.25, -0.2) is 0 Å². The zero-order valence-electron chi connectivity index (χ0n) is 12.8. The quantitative estimate of drug-likeness (QED) is 0.801. The molecule has 0 aromatic heterocycles. The smallest absolute Gasteiger partial charge is 0.512 e. The highest BCUT2D eigenvalue weighted by atomic mass is 16.6. The minimum absolute atomic E-state index is 0.268. The maximum atomic E-state index is 9.13. The van der Waals surface area contributed by atoms with Crippen molar-refractivity contribution < 1.29 is 14.7 Å². The van der Waals surface area contributed by atoms with Crippen LogP contribution < -0.4 is 4.65 Å². The molecule has 3 nitrogen and oxygen atoms in total. The lowest BCUT2D eigenvalue weighted by atomic mass is 9.88. The van der Waals surface area contributed by atoms with Gasteiger partial charge in [0, 0.05) is 0 Å². The van der Waals surface area contributed by atoms with Crippen LogP contribution in [0.1, 0.15) is 76.0 Å². The Labute approximate surface area is 116 Å². The molecule has 0 saturated carbocycles. The predicted molar refractivity (Wildman–Crippen MR) is 79.5 cm³/mol. The lowest BCUT2D eigenvalue weighted by Gasteiger charge is -2.22. The Balaban J connectivity index is 3.46. The first-order valence-corrected chi connectivity index (χ1v) is 6.94. The van der Waals surface area contributed by atoms with Gasteiger partial charge in [-0.15, -0.1) is 0 Å². The molecule has 0 heterocycles. The van der Waals surface area contributed by atoms with Gasteiger partial charge in [0.2, 0.25) is 0 Å². The van der Waals surface area contributed by atoms with Crippen molar-refractivity contribution in [2.75, 3.05) is 0 Å². The fourth-order valence-electron chi connectivity index (χ4n) is 2.13. The molecule has 0 aliphatic heterocycles. The van der Waals surface area contributed by atoms with Crippen LogP contribution in [0.25, 0.3) is 0 Å². The summed E-state index contributed by atoms with van der Waals surface area (Å²) < 4.78 is 5.24. The van der Waals surface area contributed by atoms with Gasteiger partial charge in [0.15, 0.2) is 0 Å². The van der Waals surface area contributed by atoms with E-state index in [2.05, 4.69) is 53.7 Å². The van der Waals surface area contributed by atoms with Crippen molar-refractivity contribution in [2.24, 2.45) is 0 Å². The van der Waals surface area contributed by atoms with Gasteiger partial charge in [0.1, 0.15) is 5.75 Å². The van der Waals surface area contributed by atoms with Crippen molar-refractivity contribution in [1.29, 1.82) is 0 Å². The first-order valence-electron chi connectivity index (χ1n) is 6.94. The molecule has 0 bridgehead atoms. The predicted octanol–water partition coefficient (Wildman–Crippen LogP) is 3.41. The van der Waals surface area contributed by atoms with Gasteiger partial charge < -0.3 is 14.7 Å². The van der Waals surface area contributed by atoms with E-state index in [0.717, 1.165) is 11.1 Å². The Hall–Kier alpha value is -0.995. The van der Waals surface area contributed by atoms with Crippen molar-refractivity contribution in [3.05, 3.63) is 28.8 Å². The monoisotopic (exact) mass is 264 g/mol. The van der Waals surface area contributed by atoms with Crippen LogP contribution >= 0.6 is 0 Å². The molecule has 0 fully saturated rings. The molecule has 0 spiro atoms. The standard InChI is InChI=1S/C15H25BO3/c1-9(2)12-7-13(10(3)4)15(19-16(17)18)14(8-12)11(5)6/h7-11,17-18H,1-6H3. The van der Waals surface area contributed by atoms with Crippen molar-refractivity contribution in [1.82, 2.24) is 0 Å². The van der Waals surface area contributed by atoms with Gasteiger partial charge in [-0.3, -0.25) is 0 Å². The maximum Gasteiger partial charge on any atom is 0.707 e. The summed E-state index contributed by atoms with van der Waals surface area (Å²) in [6, 6.07) is 4.22. The van der Waals surface area contributed by atoms with Crippen LogP contribution in [0.5, 0.6) is 5.75 Å². The second-order valence-electron chi connectivity index (χ2n) is 5.94. The summed E-state index contributed by atoms with van der Waals surface area (Å²) in [5.41, 5.74) is 3.32. The SMILES string of the molecule is CC(C)c1cc(C(C)C)c(OB(O)O)c(C(C)C)c1. The summed E-state index contributed by atoms with van der Waals surface area (Å²) in [6.45, 7) is 12.6. The van der Waals surface area contributed by atoms with E-state index in [0.29, 0.717) is 11.7 Å². The number of benzene rings is 1. The van der Waals surface area contributed by atoms with Crippen molar-refractivity contribution in [3.63, 3.8) is 0 Å². The normalized spacial score (nSPS) is 11.5. The molecule has 0 aliphatic carbocycles. The number of hydrogen-bond acceptors (Lipinski definition) is 3. The van der Waals surface area contributed by atoms with Crippen molar-refractivity contribution in [3.8, 4) is 5.75 Å². The summed E-state index contributed by atoms with van der Waals surface area (Å²) in [5, 5.41) is 18.3. The first-order chi connectivity index (χ1) is 8.73. The zero-order chi connectivity index (χ0) is 14.7. The first kappa shape index (κ1) is 16.1. The van der Waals surface area contributed by atoms with Crippen LogP contribution in [0, 0.1) is 0 Å². The average molecular weight is 264 g/mol. The highest BCUT2D eigenvalue weighted by molar-refractivity contribution is 6.33. The van der Waals surface area contributed by atoms with E-state index in [1.54, 1.807) is 0 Å². The molecule has 0 saturated heterocycles. The van der Waals surface area contributed by atoms with E-state index < -0.39 is 7.32 Å². The third kappa shape index (κ3) is 3.98. The molecule has 1 rings (SSSR count). The van der Waals surface area contributed by atoms with Crippen LogP contribution in [-0.2, 0) is 0 Å². The highest BCUT2D eigenvalue weighted by Gasteiger charge is 2.22. The fraction of sp³-hybridized carbons (Fsp3) is 0.600. The zero-order valence-corrected chi connectivity index (χ0v) is 12.8. The lowest BCUT2D eigenvalue weighted by Crippen LogP contribution is -2.23. The van der Waals surface area contributed by atoms with Crippen molar-refractivity contribution >= 4 is 7.32 Å². The summed E-state index contributed by atoms with van der Waals surface area (Å²) in [4.78, 5) is 0. The maximum absolute atomic E-state index is 9.13. The molecular formula is C15H25BO3. The van der Waals surface area contributed by atoms with Crippen LogP contribution in [-0.4, -0.2) is 17.4 Å². The Morgan fingerprint density at radius 2 is 1.26 bits per heavy atom. The van der Waals surface area contributed by atoms with E-state index in [1.807, 2.05) is 0 Å². The molecule has 0 aliphatic rings. The largest absolute Gasteiger partial charge is 0.707 e. The molecule has 4 heteroatoms. The summed E-state index contributed by atoms with van der Waals surface area (Å²) in [5.74, 6) is 1.59. The van der Waals surface area contributed by atoms with Gasteiger partial charge in [-0.05, 0) is 34.4 Å². The molecule has 19 heavy (non-hydrogen) atoms. The second kappa shape index (κ2) is 6.44.